The summed E-state index contributed by atoms with van der Waals surface area (Å²) in [6, 6.07) is 5.52. The lowest BCUT2D eigenvalue weighted by molar-refractivity contribution is 0.0750. The van der Waals surface area contributed by atoms with Crippen molar-refractivity contribution in [3.05, 3.63) is 23.8 Å². The number of ether oxygens (including phenoxy) is 1. The first kappa shape index (κ1) is 12.2. The number of fused-ring (bicyclic) bond motifs is 2. The summed E-state index contributed by atoms with van der Waals surface area (Å²) in [7, 11) is 1.62. The second-order valence-corrected chi connectivity index (χ2v) is 5.84. The van der Waals surface area contributed by atoms with Gasteiger partial charge in [-0.1, -0.05) is 13.8 Å². The number of carbonyl (C=O) groups is 1. The molecular formula is C15H18N2O2. The highest BCUT2D eigenvalue weighted by molar-refractivity contribution is 6.03. The van der Waals surface area contributed by atoms with E-state index in [1.165, 1.54) is 0 Å². The second kappa shape index (κ2) is 4.08. The van der Waals surface area contributed by atoms with Gasteiger partial charge >= 0.3 is 0 Å². The van der Waals surface area contributed by atoms with Crippen LogP contribution in [-0.2, 0) is 0 Å². The molecule has 1 atom stereocenters. The molecule has 100 valence electrons. The summed E-state index contributed by atoms with van der Waals surface area (Å²) in [5.74, 6) is 0.802. The Hall–Kier alpha value is -1.84. The van der Waals surface area contributed by atoms with Gasteiger partial charge in [0.15, 0.2) is 0 Å². The van der Waals surface area contributed by atoms with Gasteiger partial charge in [-0.05, 0) is 24.0 Å². The van der Waals surface area contributed by atoms with Gasteiger partial charge in [0.2, 0.25) is 0 Å². The molecule has 1 aromatic carbocycles. The normalized spacial score (nSPS) is 23.8. The molecule has 2 heterocycles. The van der Waals surface area contributed by atoms with Crippen molar-refractivity contribution < 1.29 is 9.53 Å². The zero-order valence-electron chi connectivity index (χ0n) is 11.5. The lowest BCUT2D eigenvalue weighted by Gasteiger charge is -2.28. The molecule has 4 heteroatoms. The lowest BCUT2D eigenvalue weighted by atomic mass is 9.85. The second-order valence-electron chi connectivity index (χ2n) is 5.84. The predicted octanol–water partition coefficient (Wildman–Crippen LogP) is 2.65. The molecule has 0 saturated carbocycles. The highest BCUT2D eigenvalue weighted by Crippen LogP contribution is 2.39. The van der Waals surface area contributed by atoms with Crippen molar-refractivity contribution in [2.24, 2.45) is 10.4 Å². The number of nitrogens with zero attached hydrogens (tertiary/aromatic N) is 2. The Morgan fingerprint density at radius 2 is 2.21 bits per heavy atom. The molecule has 0 unspecified atom stereocenters. The van der Waals surface area contributed by atoms with Gasteiger partial charge in [-0.2, -0.15) is 0 Å². The van der Waals surface area contributed by atoms with Crippen molar-refractivity contribution in [1.29, 1.82) is 0 Å². The van der Waals surface area contributed by atoms with E-state index in [4.69, 9.17) is 4.74 Å². The van der Waals surface area contributed by atoms with Crippen molar-refractivity contribution in [3.8, 4) is 5.75 Å². The van der Waals surface area contributed by atoms with Crippen LogP contribution in [0.2, 0.25) is 0 Å². The summed E-state index contributed by atoms with van der Waals surface area (Å²) in [6.07, 6.45) is 2.93. The van der Waals surface area contributed by atoms with Gasteiger partial charge in [0, 0.05) is 18.8 Å². The fourth-order valence-corrected chi connectivity index (χ4v) is 2.86. The van der Waals surface area contributed by atoms with Crippen LogP contribution in [0.3, 0.4) is 0 Å². The number of hydrogen-bond donors (Lipinski definition) is 0. The van der Waals surface area contributed by atoms with E-state index >= 15 is 0 Å². The number of benzene rings is 1. The molecular weight excluding hydrogens is 240 g/mol. The standard InChI is InChI=1S/C15H18N2O2/c1-15(2)6-7-17-13(15)9-16-12-8-10(19-3)4-5-11(12)14(17)18/h4-5,8-9,13H,6-7H2,1-3H3/t13-/m1/s1. The van der Waals surface area contributed by atoms with Gasteiger partial charge in [-0.3, -0.25) is 9.79 Å². The summed E-state index contributed by atoms with van der Waals surface area (Å²) >= 11 is 0. The third kappa shape index (κ3) is 1.82. The van der Waals surface area contributed by atoms with E-state index in [2.05, 4.69) is 18.8 Å². The van der Waals surface area contributed by atoms with Crippen LogP contribution >= 0.6 is 0 Å². The smallest absolute Gasteiger partial charge is 0.256 e. The Bertz CT molecular complexity index is 563. The van der Waals surface area contributed by atoms with E-state index in [0.717, 1.165) is 18.7 Å². The monoisotopic (exact) mass is 258 g/mol. The minimum Gasteiger partial charge on any atom is -0.497 e. The van der Waals surface area contributed by atoms with Crippen LogP contribution < -0.4 is 4.74 Å². The van der Waals surface area contributed by atoms with Crippen LogP contribution in [0.5, 0.6) is 5.75 Å². The van der Waals surface area contributed by atoms with E-state index in [1.54, 1.807) is 7.11 Å². The molecule has 1 amide bonds. The summed E-state index contributed by atoms with van der Waals surface area (Å²) in [6.45, 7) is 5.18. The number of hydrogen-bond acceptors (Lipinski definition) is 3. The van der Waals surface area contributed by atoms with Crippen LogP contribution in [0.25, 0.3) is 0 Å². The zero-order chi connectivity index (χ0) is 13.6. The molecule has 19 heavy (non-hydrogen) atoms. The topological polar surface area (TPSA) is 41.9 Å². The van der Waals surface area contributed by atoms with E-state index in [-0.39, 0.29) is 17.4 Å². The minimum absolute atomic E-state index is 0.0747. The molecule has 0 radical (unpaired) electrons. The van der Waals surface area contributed by atoms with Gasteiger partial charge in [-0.25, -0.2) is 0 Å². The maximum absolute atomic E-state index is 12.6. The molecule has 0 aromatic heterocycles. The van der Waals surface area contributed by atoms with Crippen LogP contribution in [0.15, 0.2) is 23.2 Å². The lowest BCUT2D eigenvalue weighted by Crippen LogP contribution is -2.40. The fraction of sp³-hybridized carbons (Fsp3) is 0.467. The summed E-state index contributed by atoms with van der Waals surface area (Å²) in [5, 5.41) is 0. The van der Waals surface area contributed by atoms with Crippen molar-refractivity contribution in [2.75, 3.05) is 13.7 Å². The van der Waals surface area contributed by atoms with Gasteiger partial charge in [0.25, 0.3) is 5.91 Å². The molecule has 4 nitrogen and oxygen atoms in total. The highest BCUT2D eigenvalue weighted by atomic mass is 16.5. The maximum atomic E-state index is 12.6. The maximum Gasteiger partial charge on any atom is 0.256 e. The molecule has 2 aliphatic heterocycles. The van der Waals surface area contributed by atoms with Crippen LogP contribution in [0.1, 0.15) is 30.6 Å². The molecule has 0 N–H and O–H groups in total. The Morgan fingerprint density at radius 1 is 1.42 bits per heavy atom. The Labute approximate surface area is 113 Å². The van der Waals surface area contributed by atoms with E-state index in [9.17, 15) is 4.79 Å². The van der Waals surface area contributed by atoms with Gasteiger partial charge in [-0.15, -0.1) is 0 Å². The predicted molar refractivity (Wildman–Crippen MR) is 74.4 cm³/mol. The number of rotatable bonds is 1. The zero-order valence-corrected chi connectivity index (χ0v) is 11.5. The van der Waals surface area contributed by atoms with Crippen molar-refractivity contribution in [1.82, 2.24) is 4.90 Å². The first-order valence-electron chi connectivity index (χ1n) is 6.56. The largest absolute Gasteiger partial charge is 0.497 e. The molecule has 2 aliphatic rings. The first-order valence-corrected chi connectivity index (χ1v) is 6.56. The molecule has 1 aromatic rings. The van der Waals surface area contributed by atoms with Crippen molar-refractivity contribution in [3.63, 3.8) is 0 Å². The first-order chi connectivity index (χ1) is 9.03. The minimum atomic E-state index is 0.0747. The van der Waals surface area contributed by atoms with E-state index in [1.807, 2.05) is 29.3 Å². The quantitative estimate of drug-likeness (QED) is 0.777. The SMILES string of the molecule is COc1ccc2c(c1)N=C[C@H]1N(CCC1(C)C)C2=O. The third-order valence-corrected chi connectivity index (χ3v) is 4.18. The average Bonchev–Trinajstić information content (AvgIpc) is 2.61. The van der Waals surface area contributed by atoms with Gasteiger partial charge in [0.1, 0.15) is 5.75 Å². The summed E-state index contributed by atoms with van der Waals surface area (Å²) in [5.41, 5.74) is 1.46. The molecule has 3 rings (SSSR count). The molecule has 0 spiro atoms. The Balaban J connectivity index is 2.08. The highest BCUT2D eigenvalue weighted by Gasteiger charge is 2.43. The Morgan fingerprint density at radius 3 is 2.95 bits per heavy atom. The summed E-state index contributed by atoms with van der Waals surface area (Å²) in [4.78, 5) is 19.1. The van der Waals surface area contributed by atoms with Crippen LogP contribution in [0, 0.1) is 5.41 Å². The number of amides is 1. The molecule has 0 bridgehead atoms. The number of methoxy groups -OCH3 is 1. The van der Waals surface area contributed by atoms with Gasteiger partial charge < -0.3 is 9.64 Å². The van der Waals surface area contributed by atoms with E-state index < -0.39 is 0 Å². The fourth-order valence-electron chi connectivity index (χ4n) is 2.86. The number of carbonyl (C=O) groups excluding carboxylic acids is 1. The molecule has 0 aliphatic carbocycles. The average molecular weight is 258 g/mol. The van der Waals surface area contributed by atoms with Crippen LogP contribution in [0.4, 0.5) is 5.69 Å². The van der Waals surface area contributed by atoms with Crippen molar-refractivity contribution in [2.45, 2.75) is 26.3 Å². The summed E-state index contributed by atoms with van der Waals surface area (Å²) < 4.78 is 5.19. The van der Waals surface area contributed by atoms with Crippen LogP contribution in [-0.4, -0.2) is 36.7 Å². The third-order valence-electron chi connectivity index (χ3n) is 4.18. The van der Waals surface area contributed by atoms with Gasteiger partial charge in [0.05, 0.1) is 24.4 Å². The Kier molecular flexibility index (Phi) is 2.62. The molecule has 1 fully saturated rings. The number of aliphatic imine (C=N–C) groups is 1. The van der Waals surface area contributed by atoms with Crippen molar-refractivity contribution >= 4 is 17.8 Å². The van der Waals surface area contributed by atoms with E-state index in [0.29, 0.717) is 11.3 Å². The molecule has 1 saturated heterocycles.